The molecule has 0 spiro atoms. The smallest absolute Gasteiger partial charge is 0.337 e. The van der Waals surface area contributed by atoms with Gasteiger partial charge in [-0.2, -0.15) is 0 Å². The first-order valence-electron chi connectivity index (χ1n) is 6.57. The molecule has 0 radical (unpaired) electrons. The molecule has 1 aromatic heterocycles. The molecule has 3 rings (SSSR count). The molecule has 4 heteroatoms. The van der Waals surface area contributed by atoms with E-state index in [9.17, 15) is 4.79 Å². The van der Waals surface area contributed by atoms with Gasteiger partial charge in [0.05, 0.1) is 18.2 Å². The lowest BCUT2D eigenvalue weighted by Gasteiger charge is -2.07. The summed E-state index contributed by atoms with van der Waals surface area (Å²) in [5.74, 6) is 0.419. The highest BCUT2D eigenvalue weighted by Gasteiger charge is 2.06. The van der Waals surface area contributed by atoms with E-state index >= 15 is 0 Å². The molecule has 0 bridgehead atoms. The zero-order valence-corrected chi connectivity index (χ0v) is 11.5. The van der Waals surface area contributed by atoms with Crippen LogP contribution in [0.1, 0.15) is 10.4 Å². The third-order valence-electron chi connectivity index (χ3n) is 3.16. The molecule has 0 saturated carbocycles. The monoisotopic (exact) mass is 278 g/mol. The molecule has 1 N–H and O–H groups in total. The number of para-hydroxylation sites is 1. The summed E-state index contributed by atoms with van der Waals surface area (Å²) in [5.41, 5.74) is 2.33. The quantitative estimate of drug-likeness (QED) is 0.741. The average Bonchev–Trinajstić information content (AvgIpc) is 2.54. The Hall–Kier alpha value is -2.88. The Balaban J connectivity index is 1.92. The van der Waals surface area contributed by atoms with Crippen LogP contribution in [0.25, 0.3) is 10.9 Å². The van der Waals surface area contributed by atoms with Crippen LogP contribution in [0.3, 0.4) is 0 Å². The molecule has 0 saturated heterocycles. The number of rotatable bonds is 3. The summed E-state index contributed by atoms with van der Waals surface area (Å²) in [7, 11) is 1.37. The van der Waals surface area contributed by atoms with Gasteiger partial charge in [0.1, 0.15) is 5.82 Å². The highest BCUT2D eigenvalue weighted by molar-refractivity contribution is 5.94. The first-order valence-corrected chi connectivity index (χ1v) is 6.57. The van der Waals surface area contributed by atoms with E-state index in [0.717, 1.165) is 22.4 Å². The van der Waals surface area contributed by atoms with Gasteiger partial charge in [0.2, 0.25) is 0 Å². The van der Waals surface area contributed by atoms with Crippen LogP contribution in [0.2, 0.25) is 0 Å². The van der Waals surface area contributed by atoms with Crippen molar-refractivity contribution in [3.63, 3.8) is 0 Å². The number of hydrogen-bond acceptors (Lipinski definition) is 4. The second-order valence-electron chi connectivity index (χ2n) is 4.59. The lowest BCUT2D eigenvalue weighted by atomic mass is 10.1. The minimum Gasteiger partial charge on any atom is -0.465 e. The number of hydrogen-bond donors (Lipinski definition) is 1. The minimum absolute atomic E-state index is 0.344. The van der Waals surface area contributed by atoms with Gasteiger partial charge in [0.15, 0.2) is 0 Å². The van der Waals surface area contributed by atoms with Gasteiger partial charge >= 0.3 is 5.97 Å². The molecular formula is C17H14N2O2. The molecule has 0 unspecified atom stereocenters. The molecule has 0 aliphatic carbocycles. The third kappa shape index (κ3) is 2.84. The molecule has 1 heterocycles. The van der Waals surface area contributed by atoms with Crippen molar-refractivity contribution in [2.75, 3.05) is 12.4 Å². The van der Waals surface area contributed by atoms with Gasteiger partial charge in [-0.3, -0.25) is 0 Å². The molecule has 3 aromatic rings. The fourth-order valence-electron chi connectivity index (χ4n) is 2.11. The number of methoxy groups -OCH3 is 1. The van der Waals surface area contributed by atoms with Gasteiger partial charge in [0.25, 0.3) is 0 Å². The second-order valence-corrected chi connectivity index (χ2v) is 4.59. The van der Waals surface area contributed by atoms with Crippen molar-refractivity contribution in [2.45, 2.75) is 0 Å². The fraction of sp³-hybridized carbons (Fsp3) is 0.0588. The van der Waals surface area contributed by atoms with E-state index in [1.165, 1.54) is 7.11 Å². The highest BCUT2D eigenvalue weighted by Crippen LogP contribution is 2.20. The van der Waals surface area contributed by atoms with Crippen LogP contribution in [0.4, 0.5) is 11.5 Å². The van der Waals surface area contributed by atoms with Crippen molar-refractivity contribution in [3.05, 3.63) is 66.2 Å². The average molecular weight is 278 g/mol. The second kappa shape index (κ2) is 5.63. The fourth-order valence-corrected chi connectivity index (χ4v) is 2.11. The summed E-state index contributed by atoms with van der Waals surface area (Å²) >= 11 is 0. The maximum atomic E-state index is 11.5. The number of anilines is 2. The van der Waals surface area contributed by atoms with E-state index in [1.54, 1.807) is 12.1 Å². The molecule has 104 valence electrons. The number of pyridine rings is 1. The van der Waals surface area contributed by atoms with Crippen LogP contribution in [0.5, 0.6) is 0 Å². The Morgan fingerprint density at radius 2 is 1.86 bits per heavy atom. The number of esters is 1. The van der Waals surface area contributed by atoms with Crippen LogP contribution >= 0.6 is 0 Å². The Morgan fingerprint density at radius 1 is 1.05 bits per heavy atom. The lowest BCUT2D eigenvalue weighted by molar-refractivity contribution is 0.0601. The maximum Gasteiger partial charge on any atom is 0.337 e. The molecule has 21 heavy (non-hydrogen) atoms. The van der Waals surface area contributed by atoms with Gasteiger partial charge in [-0.05, 0) is 42.5 Å². The normalized spacial score (nSPS) is 10.3. The van der Waals surface area contributed by atoms with Crippen LogP contribution in [0, 0.1) is 0 Å². The van der Waals surface area contributed by atoms with Crippen LogP contribution in [-0.2, 0) is 4.74 Å². The zero-order valence-electron chi connectivity index (χ0n) is 11.5. The van der Waals surface area contributed by atoms with E-state index in [2.05, 4.69) is 10.3 Å². The van der Waals surface area contributed by atoms with Crippen molar-refractivity contribution < 1.29 is 9.53 Å². The van der Waals surface area contributed by atoms with E-state index < -0.39 is 0 Å². The molecule has 0 fully saturated rings. The molecule has 4 nitrogen and oxygen atoms in total. The van der Waals surface area contributed by atoms with Gasteiger partial charge in [-0.15, -0.1) is 0 Å². The maximum absolute atomic E-state index is 11.5. The van der Waals surface area contributed by atoms with Crippen LogP contribution < -0.4 is 5.32 Å². The summed E-state index contributed by atoms with van der Waals surface area (Å²) in [6.45, 7) is 0. The number of benzene rings is 2. The first kappa shape index (κ1) is 13.1. The largest absolute Gasteiger partial charge is 0.465 e. The molecule has 0 amide bonds. The van der Waals surface area contributed by atoms with Crippen molar-refractivity contribution in [2.24, 2.45) is 0 Å². The van der Waals surface area contributed by atoms with E-state index in [1.807, 2.05) is 48.5 Å². The van der Waals surface area contributed by atoms with Crippen LogP contribution in [0.15, 0.2) is 60.7 Å². The Bertz CT molecular complexity index is 785. The number of carbonyl (C=O) groups is 1. The van der Waals surface area contributed by atoms with E-state index in [0.29, 0.717) is 5.56 Å². The van der Waals surface area contributed by atoms with Gasteiger partial charge in [0, 0.05) is 11.1 Å². The van der Waals surface area contributed by atoms with Gasteiger partial charge in [-0.1, -0.05) is 18.2 Å². The predicted octanol–water partition coefficient (Wildman–Crippen LogP) is 3.77. The standard InChI is InChI=1S/C17H14N2O2/c1-21-17(20)13-7-9-15-12(11-13)8-10-16(19-15)18-14-5-3-2-4-6-14/h2-11H,1H3,(H,18,19). The Labute approximate surface area is 122 Å². The van der Waals surface area contributed by atoms with Crippen molar-refractivity contribution >= 4 is 28.4 Å². The topological polar surface area (TPSA) is 51.2 Å². The summed E-state index contributed by atoms with van der Waals surface area (Å²) in [6, 6.07) is 19.0. The zero-order chi connectivity index (χ0) is 14.7. The molecule has 0 aliphatic heterocycles. The summed E-state index contributed by atoms with van der Waals surface area (Å²) < 4.78 is 4.72. The molecule has 0 aliphatic rings. The number of aromatic nitrogens is 1. The number of fused-ring (bicyclic) bond motifs is 1. The summed E-state index contributed by atoms with van der Waals surface area (Å²) in [5, 5.41) is 4.14. The molecule has 2 aromatic carbocycles. The van der Waals surface area contributed by atoms with Gasteiger partial charge in [-0.25, -0.2) is 9.78 Å². The molecule has 0 atom stereocenters. The Morgan fingerprint density at radius 3 is 2.62 bits per heavy atom. The number of nitrogens with one attached hydrogen (secondary N) is 1. The minimum atomic E-state index is -0.344. The van der Waals surface area contributed by atoms with Gasteiger partial charge < -0.3 is 10.1 Å². The third-order valence-corrected chi connectivity index (χ3v) is 3.16. The van der Waals surface area contributed by atoms with Crippen molar-refractivity contribution in [3.8, 4) is 0 Å². The number of nitrogens with zero attached hydrogens (tertiary/aromatic N) is 1. The van der Waals surface area contributed by atoms with E-state index in [-0.39, 0.29) is 5.97 Å². The SMILES string of the molecule is COC(=O)c1ccc2nc(Nc3ccccc3)ccc2c1. The predicted molar refractivity (Wildman–Crippen MR) is 82.8 cm³/mol. The first-order chi connectivity index (χ1) is 10.3. The van der Waals surface area contributed by atoms with E-state index in [4.69, 9.17) is 4.74 Å². The summed E-state index contributed by atoms with van der Waals surface area (Å²) in [6.07, 6.45) is 0. The van der Waals surface area contributed by atoms with Crippen LogP contribution in [-0.4, -0.2) is 18.1 Å². The lowest BCUT2D eigenvalue weighted by Crippen LogP contribution is -2.01. The highest BCUT2D eigenvalue weighted by atomic mass is 16.5. The molecular weight excluding hydrogens is 264 g/mol. The number of ether oxygens (including phenoxy) is 1. The van der Waals surface area contributed by atoms with Crippen molar-refractivity contribution in [1.29, 1.82) is 0 Å². The number of carbonyl (C=O) groups excluding carboxylic acids is 1. The van der Waals surface area contributed by atoms with Crippen molar-refractivity contribution in [1.82, 2.24) is 4.98 Å². The Kier molecular flexibility index (Phi) is 3.51. The summed E-state index contributed by atoms with van der Waals surface area (Å²) in [4.78, 5) is 16.0.